The lowest BCUT2D eigenvalue weighted by molar-refractivity contribution is 0.224. The molecule has 0 saturated carbocycles. The molecule has 0 aromatic rings. The second-order valence-corrected chi connectivity index (χ2v) is 9.97. The second-order valence-electron chi connectivity index (χ2n) is 9.97. The summed E-state index contributed by atoms with van der Waals surface area (Å²) in [6.07, 6.45) is 35.4. The number of hydrogen-bond donors (Lipinski definition) is 0. The SMILES string of the molecule is CCCCCCCCCCCCCCCCCCCCCCCN1CCCCC1. The molecule has 0 atom stereocenters. The molecule has 0 unspecified atom stereocenters. The average molecular weight is 408 g/mol. The van der Waals surface area contributed by atoms with Gasteiger partial charge in [0, 0.05) is 0 Å². The molecule has 1 heterocycles. The van der Waals surface area contributed by atoms with Gasteiger partial charge >= 0.3 is 0 Å². The molecule has 1 nitrogen and oxygen atoms in total. The fourth-order valence-corrected chi connectivity index (χ4v) is 4.95. The van der Waals surface area contributed by atoms with Crippen LogP contribution in [0, 0.1) is 0 Å². The van der Waals surface area contributed by atoms with Gasteiger partial charge in [-0.25, -0.2) is 0 Å². The van der Waals surface area contributed by atoms with Crippen LogP contribution >= 0.6 is 0 Å². The summed E-state index contributed by atoms with van der Waals surface area (Å²) in [6.45, 7) is 6.43. The molecule has 1 aliphatic heterocycles. The zero-order valence-corrected chi connectivity index (χ0v) is 20.5. The van der Waals surface area contributed by atoms with Crippen LogP contribution in [0.4, 0.5) is 0 Å². The Morgan fingerprint density at radius 2 is 0.690 bits per heavy atom. The number of hydrogen-bond acceptors (Lipinski definition) is 1. The minimum atomic E-state index is 1.37. The first-order valence-corrected chi connectivity index (χ1v) is 14.2. The molecule has 0 spiro atoms. The van der Waals surface area contributed by atoms with Crippen molar-refractivity contribution in [3.63, 3.8) is 0 Å². The van der Waals surface area contributed by atoms with Gasteiger partial charge in [-0.15, -0.1) is 0 Å². The van der Waals surface area contributed by atoms with Crippen LogP contribution in [0.25, 0.3) is 0 Å². The van der Waals surface area contributed by atoms with Crippen molar-refractivity contribution in [1.82, 2.24) is 4.90 Å². The zero-order valence-electron chi connectivity index (χ0n) is 20.5. The molecule has 174 valence electrons. The van der Waals surface area contributed by atoms with E-state index in [0.29, 0.717) is 0 Å². The van der Waals surface area contributed by atoms with Crippen molar-refractivity contribution in [3.8, 4) is 0 Å². The Kier molecular flexibility index (Phi) is 21.1. The predicted molar refractivity (Wildman–Crippen MR) is 133 cm³/mol. The molecule has 1 heteroatoms. The van der Waals surface area contributed by atoms with Crippen LogP contribution in [0.2, 0.25) is 0 Å². The van der Waals surface area contributed by atoms with Gasteiger partial charge in [-0.05, 0) is 38.9 Å². The summed E-state index contributed by atoms with van der Waals surface area (Å²) in [5.41, 5.74) is 0. The van der Waals surface area contributed by atoms with E-state index in [0.717, 1.165) is 0 Å². The van der Waals surface area contributed by atoms with Crippen molar-refractivity contribution in [2.24, 2.45) is 0 Å². The van der Waals surface area contributed by atoms with E-state index in [1.165, 1.54) is 174 Å². The lowest BCUT2D eigenvalue weighted by Crippen LogP contribution is -2.30. The third-order valence-electron chi connectivity index (χ3n) is 7.03. The van der Waals surface area contributed by atoms with Crippen molar-refractivity contribution < 1.29 is 0 Å². The molecule has 0 aromatic carbocycles. The molecule has 1 fully saturated rings. The third-order valence-corrected chi connectivity index (χ3v) is 7.03. The Morgan fingerprint density at radius 1 is 0.379 bits per heavy atom. The van der Waals surface area contributed by atoms with Gasteiger partial charge < -0.3 is 4.90 Å². The van der Waals surface area contributed by atoms with Crippen molar-refractivity contribution in [2.75, 3.05) is 19.6 Å². The normalized spacial score (nSPS) is 15.2. The van der Waals surface area contributed by atoms with Gasteiger partial charge in [0.1, 0.15) is 0 Å². The Hall–Kier alpha value is -0.0400. The molecule has 0 N–H and O–H groups in total. The summed E-state index contributed by atoms with van der Waals surface area (Å²) in [6, 6.07) is 0. The first-order valence-electron chi connectivity index (χ1n) is 14.2. The number of unbranched alkanes of at least 4 members (excludes halogenated alkanes) is 20. The highest BCUT2D eigenvalue weighted by Crippen LogP contribution is 2.15. The van der Waals surface area contributed by atoms with Gasteiger partial charge in [0.2, 0.25) is 0 Å². The van der Waals surface area contributed by atoms with Crippen molar-refractivity contribution in [1.29, 1.82) is 0 Å². The topological polar surface area (TPSA) is 3.24 Å². The minimum Gasteiger partial charge on any atom is -0.303 e. The van der Waals surface area contributed by atoms with Crippen molar-refractivity contribution in [3.05, 3.63) is 0 Å². The van der Waals surface area contributed by atoms with E-state index < -0.39 is 0 Å². The van der Waals surface area contributed by atoms with E-state index in [1.807, 2.05) is 0 Å². The van der Waals surface area contributed by atoms with E-state index in [9.17, 15) is 0 Å². The van der Waals surface area contributed by atoms with Crippen LogP contribution in [-0.2, 0) is 0 Å². The summed E-state index contributed by atoms with van der Waals surface area (Å²) in [5, 5.41) is 0. The second kappa shape index (κ2) is 22.6. The highest BCUT2D eigenvalue weighted by Gasteiger charge is 2.08. The summed E-state index contributed by atoms with van der Waals surface area (Å²) in [5.74, 6) is 0. The summed E-state index contributed by atoms with van der Waals surface area (Å²) >= 11 is 0. The Morgan fingerprint density at radius 3 is 1.03 bits per heavy atom. The van der Waals surface area contributed by atoms with Crippen LogP contribution in [0.15, 0.2) is 0 Å². The summed E-state index contributed by atoms with van der Waals surface area (Å²) in [4.78, 5) is 2.69. The quantitative estimate of drug-likeness (QED) is 0.161. The maximum Gasteiger partial charge on any atom is -0.00187 e. The van der Waals surface area contributed by atoms with E-state index in [-0.39, 0.29) is 0 Å². The molecule has 0 aliphatic carbocycles. The zero-order chi connectivity index (χ0) is 20.7. The van der Waals surface area contributed by atoms with Crippen LogP contribution in [0.5, 0.6) is 0 Å². The summed E-state index contributed by atoms with van der Waals surface area (Å²) in [7, 11) is 0. The van der Waals surface area contributed by atoms with E-state index in [4.69, 9.17) is 0 Å². The number of nitrogens with zero attached hydrogens (tertiary/aromatic N) is 1. The average Bonchev–Trinajstić information content (AvgIpc) is 2.75. The highest BCUT2D eigenvalue weighted by atomic mass is 15.1. The van der Waals surface area contributed by atoms with Gasteiger partial charge in [-0.1, -0.05) is 142 Å². The number of piperidine rings is 1. The maximum absolute atomic E-state index is 2.69. The van der Waals surface area contributed by atoms with Crippen LogP contribution in [0.3, 0.4) is 0 Å². The fraction of sp³-hybridized carbons (Fsp3) is 1.00. The molecule has 1 saturated heterocycles. The van der Waals surface area contributed by atoms with Gasteiger partial charge in [-0.3, -0.25) is 0 Å². The predicted octanol–water partition coefficient (Wildman–Crippen LogP) is 9.68. The van der Waals surface area contributed by atoms with E-state index >= 15 is 0 Å². The van der Waals surface area contributed by atoms with Crippen LogP contribution in [-0.4, -0.2) is 24.5 Å². The van der Waals surface area contributed by atoms with Gasteiger partial charge in [0.25, 0.3) is 0 Å². The monoisotopic (exact) mass is 407 g/mol. The smallest absolute Gasteiger partial charge is 0.00187 e. The molecular formula is C28H57N. The minimum absolute atomic E-state index is 1.37. The van der Waals surface area contributed by atoms with Crippen LogP contribution < -0.4 is 0 Å². The Labute approximate surface area is 185 Å². The van der Waals surface area contributed by atoms with E-state index in [1.54, 1.807) is 0 Å². The number of likely N-dealkylation sites (tertiary alicyclic amines) is 1. The van der Waals surface area contributed by atoms with Crippen molar-refractivity contribution >= 4 is 0 Å². The molecule has 1 rings (SSSR count). The Bertz CT molecular complexity index is 295. The summed E-state index contributed by atoms with van der Waals surface area (Å²) < 4.78 is 0. The molecule has 0 bridgehead atoms. The molecule has 29 heavy (non-hydrogen) atoms. The fourth-order valence-electron chi connectivity index (χ4n) is 4.95. The molecule has 0 aromatic heterocycles. The highest BCUT2D eigenvalue weighted by molar-refractivity contribution is 4.64. The largest absolute Gasteiger partial charge is 0.303 e. The van der Waals surface area contributed by atoms with Gasteiger partial charge in [0.05, 0.1) is 0 Å². The molecule has 0 radical (unpaired) electrons. The lowest BCUT2D eigenvalue weighted by Gasteiger charge is -2.26. The third kappa shape index (κ3) is 19.7. The van der Waals surface area contributed by atoms with Gasteiger partial charge in [-0.2, -0.15) is 0 Å². The van der Waals surface area contributed by atoms with E-state index in [2.05, 4.69) is 11.8 Å². The molecular weight excluding hydrogens is 350 g/mol. The molecule has 0 amide bonds. The molecule has 1 aliphatic rings. The first-order chi connectivity index (χ1) is 14.4. The number of rotatable bonds is 22. The Balaban J connectivity index is 1.63. The van der Waals surface area contributed by atoms with Crippen LogP contribution in [0.1, 0.15) is 161 Å². The lowest BCUT2D eigenvalue weighted by atomic mass is 10.0. The standard InChI is InChI=1S/C28H57N/c1-2-3-4-5-6-7-8-9-10-11-12-13-14-15-16-17-18-19-20-21-23-26-29-27-24-22-25-28-29/h2-28H2,1H3. The first kappa shape index (κ1) is 27.0. The van der Waals surface area contributed by atoms with Gasteiger partial charge in [0.15, 0.2) is 0 Å². The maximum atomic E-state index is 2.69. The van der Waals surface area contributed by atoms with Crippen molar-refractivity contribution in [2.45, 2.75) is 161 Å².